The smallest absolute Gasteiger partial charge is 0.0208 e. The van der Waals surface area contributed by atoms with E-state index >= 15 is 0 Å². The Hall–Kier alpha value is -0.380. The normalized spacial score (nSPS) is 13.0. The molecule has 0 saturated carbocycles. The van der Waals surface area contributed by atoms with E-state index < -0.39 is 0 Å². The molecular formula is C14H23BrN2. The van der Waals surface area contributed by atoms with Gasteiger partial charge in [-0.05, 0) is 37.7 Å². The second kappa shape index (κ2) is 7.85. The summed E-state index contributed by atoms with van der Waals surface area (Å²) < 4.78 is 1.15. The molecule has 2 nitrogen and oxygen atoms in total. The van der Waals surface area contributed by atoms with Crippen LogP contribution >= 0.6 is 15.9 Å². The van der Waals surface area contributed by atoms with Crippen LogP contribution in [0.25, 0.3) is 0 Å². The van der Waals surface area contributed by atoms with Gasteiger partial charge in [-0.2, -0.15) is 0 Å². The van der Waals surface area contributed by atoms with Crippen LogP contribution in [0, 0.1) is 0 Å². The summed E-state index contributed by atoms with van der Waals surface area (Å²) in [5.41, 5.74) is 1.32. The molecule has 0 heterocycles. The second-order valence-electron chi connectivity index (χ2n) is 4.40. The fourth-order valence-corrected chi connectivity index (χ4v) is 2.32. The van der Waals surface area contributed by atoms with Crippen LogP contribution in [0.5, 0.6) is 0 Å². The Labute approximate surface area is 114 Å². The van der Waals surface area contributed by atoms with E-state index in [1.165, 1.54) is 5.56 Å². The Morgan fingerprint density at radius 3 is 2.59 bits per heavy atom. The first kappa shape index (κ1) is 14.7. The van der Waals surface area contributed by atoms with Crippen molar-refractivity contribution in [2.75, 3.05) is 19.6 Å². The Bertz CT molecular complexity index is 324. The monoisotopic (exact) mass is 298 g/mol. The zero-order chi connectivity index (χ0) is 12.7. The van der Waals surface area contributed by atoms with Gasteiger partial charge in [0.2, 0.25) is 0 Å². The first-order valence-corrected chi connectivity index (χ1v) is 7.15. The molecule has 1 aromatic rings. The number of halogens is 1. The summed E-state index contributed by atoms with van der Waals surface area (Å²) in [6.07, 6.45) is 0. The molecule has 0 spiro atoms. The molecule has 1 atom stereocenters. The highest BCUT2D eigenvalue weighted by Gasteiger charge is 2.06. The molecule has 1 N–H and O–H groups in total. The summed E-state index contributed by atoms with van der Waals surface area (Å²) in [6.45, 7) is 11.0. The van der Waals surface area contributed by atoms with Crippen molar-refractivity contribution >= 4 is 15.9 Å². The maximum absolute atomic E-state index is 3.56. The lowest BCUT2D eigenvalue weighted by Gasteiger charge is -2.23. The Morgan fingerprint density at radius 1 is 1.29 bits per heavy atom. The average molecular weight is 299 g/mol. The molecule has 1 unspecified atom stereocenters. The maximum atomic E-state index is 3.56. The lowest BCUT2D eigenvalue weighted by molar-refractivity contribution is 0.270. The van der Waals surface area contributed by atoms with Gasteiger partial charge in [-0.25, -0.2) is 0 Å². The van der Waals surface area contributed by atoms with Gasteiger partial charge in [-0.1, -0.05) is 41.9 Å². The summed E-state index contributed by atoms with van der Waals surface area (Å²) >= 11 is 3.50. The molecule has 17 heavy (non-hydrogen) atoms. The highest BCUT2D eigenvalue weighted by atomic mass is 79.9. The third kappa shape index (κ3) is 5.66. The van der Waals surface area contributed by atoms with Gasteiger partial charge in [0.05, 0.1) is 0 Å². The summed E-state index contributed by atoms with van der Waals surface area (Å²) in [6, 6.07) is 8.98. The van der Waals surface area contributed by atoms with Crippen molar-refractivity contribution in [1.29, 1.82) is 0 Å². The summed E-state index contributed by atoms with van der Waals surface area (Å²) in [7, 11) is 0. The third-order valence-electron chi connectivity index (χ3n) is 2.97. The molecule has 0 fully saturated rings. The van der Waals surface area contributed by atoms with Crippen molar-refractivity contribution in [3.63, 3.8) is 0 Å². The van der Waals surface area contributed by atoms with E-state index in [9.17, 15) is 0 Å². The van der Waals surface area contributed by atoms with Crippen LogP contribution < -0.4 is 5.32 Å². The van der Waals surface area contributed by atoms with Gasteiger partial charge in [0, 0.05) is 23.6 Å². The molecule has 0 aromatic heterocycles. The quantitative estimate of drug-likeness (QED) is 0.831. The second-order valence-corrected chi connectivity index (χ2v) is 5.31. The van der Waals surface area contributed by atoms with Gasteiger partial charge in [-0.3, -0.25) is 0 Å². The minimum Gasteiger partial charge on any atom is -0.309 e. The van der Waals surface area contributed by atoms with Gasteiger partial charge in [0.1, 0.15) is 0 Å². The molecule has 1 aromatic carbocycles. The average Bonchev–Trinajstić information content (AvgIpc) is 2.33. The summed E-state index contributed by atoms with van der Waals surface area (Å²) in [5.74, 6) is 0. The predicted octanol–water partition coefficient (Wildman–Crippen LogP) is 3.27. The van der Waals surface area contributed by atoms with Crippen LogP contribution in [0.15, 0.2) is 28.7 Å². The van der Waals surface area contributed by atoms with Crippen molar-refractivity contribution in [3.05, 3.63) is 34.3 Å². The molecule has 0 aliphatic heterocycles. The van der Waals surface area contributed by atoms with Gasteiger partial charge >= 0.3 is 0 Å². The van der Waals surface area contributed by atoms with Crippen molar-refractivity contribution < 1.29 is 0 Å². The van der Waals surface area contributed by atoms with Crippen molar-refractivity contribution in [2.24, 2.45) is 0 Å². The summed E-state index contributed by atoms with van der Waals surface area (Å²) in [5, 5.41) is 3.56. The number of likely N-dealkylation sites (N-methyl/N-ethyl adjacent to an activating group) is 1. The number of hydrogen-bond acceptors (Lipinski definition) is 2. The largest absolute Gasteiger partial charge is 0.309 e. The lowest BCUT2D eigenvalue weighted by atomic mass is 10.2. The van der Waals surface area contributed by atoms with Crippen molar-refractivity contribution in [2.45, 2.75) is 33.4 Å². The highest BCUT2D eigenvalue weighted by Crippen LogP contribution is 2.11. The number of nitrogens with zero attached hydrogens (tertiary/aromatic N) is 1. The Kier molecular flexibility index (Phi) is 6.78. The topological polar surface area (TPSA) is 15.3 Å². The number of nitrogens with one attached hydrogen (secondary N) is 1. The molecule has 0 aliphatic carbocycles. The van der Waals surface area contributed by atoms with Crippen LogP contribution in [-0.4, -0.2) is 30.6 Å². The number of hydrogen-bond donors (Lipinski definition) is 1. The zero-order valence-corrected chi connectivity index (χ0v) is 12.6. The van der Waals surface area contributed by atoms with E-state index in [1.807, 2.05) is 0 Å². The number of rotatable bonds is 7. The minimum absolute atomic E-state index is 0.522. The van der Waals surface area contributed by atoms with Gasteiger partial charge < -0.3 is 10.2 Å². The number of benzene rings is 1. The lowest BCUT2D eigenvalue weighted by Crippen LogP contribution is -2.38. The first-order chi connectivity index (χ1) is 8.15. The predicted molar refractivity (Wildman–Crippen MR) is 78.2 cm³/mol. The van der Waals surface area contributed by atoms with E-state index in [2.05, 4.69) is 71.2 Å². The fourth-order valence-electron chi connectivity index (χ4n) is 1.87. The molecule has 0 aliphatic rings. The molecule has 1 rings (SSSR count). The first-order valence-electron chi connectivity index (χ1n) is 6.35. The van der Waals surface area contributed by atoms with Crippen LogP contribution in [0.1, 0.15) is 26.3 Å². The maximum Gasteiger partial charge on any atom is 0.0208 e. The highest BCUT2D eigenvalue weighted by molar-refractivity contribution is 9.10. The van der Waals surface area contributed by atoms with E-state index in [4.69, 9.17) is 0 Å². The van der Waals surface area contributed by atoms with Crippen molar-refractivity contribution in [3.8, 4) is 0 Å². The molecular weight excluding hydrogens is 276 g/mol. The molecule has 3 heteroatoms. The summed E-state index contributed by atoms with van der Waals surface area (Å²) in [4.78, 5) is 2.44. The molecule has 0 amide bonds. The molecule has 0 radical (unpaired) electrons. The van der Waals surface area contributed by atoms with E-state index in [0.29, 0.717) is 6.04 Å². The standard InChI is InChI=1S/C14H23BrN2/c1-4-17(5-2)11-12(3)16-10-13-7-6-8-14(15)9-13/h6-9,12,16H,4-5,10-11H2,1-3H3. The van der Waals surface area contributed by atoms with Gasteiger partial charge in [0.15, 0.2) is 0 Å². The molecule has 0 saturated heterocycles. The Morgan fingerprint density at radius 2 is 2.00 bits per heavy atom. The third-order valence-corrected chi connectivity index (χ3v) is 3.46. The molecule has 96 valence electrons. The van der Waals surface area contributed by atoms with Crippen LogP contribution in [0.2, 0.25) is 0 Å². The van der Waals surface area contributed by atoms with E-state index in [1.54, 1.807) is 0 Å². The SMILES string of the molecule is CCN(CC)CC(C)NCc1cccc(Br)c1. The Balaban J connectivity index is 2.35. The molecule has 0 bridgehead atoms. The van der Waals surface area contributed by atoms with Crippen molar-refractivity contribution in [1.82, 2.24) is 10.2 Å². The van der Waals surface area contributed by atoms with E-state index in [0.717, 1.165) is 30.7 Å². The zero-order valence-electron chi connectivity index (χ0n) is 11.0. The minimum atomic E-state index is 0.522. The van der Waals surface area contributed by atoms with Crippen LogP contribution in [0.4, 0.5) is 0 Å². The van der Waals surface area contributed by atoms with Gasteiger partial charge in [0.25, 0.3) is 0 Å². The van der Waals surface area contributed by atoms with Gasteiger partial charge in [-0.15, -0.1) is 0 Å². The fraction of sp³-hybridized carbons (Fsp3) is 0.571. The van der Waals surface area contributed by atoms with Crippen LogP contribution in [0.3, 0.4) is 0 Å². The van der Waals surface area contributed by atoms with Crippen LogP contribution in [-0.2, 0) is 6.54 Å². The van der Waals surface area contributed by atoms with E-state index in [-0.39, 0.29) is 0 Å².